The fourth-order valence-electron chi connectivity index (χ4n) is 2.98. The Hall–Kier alpha value is -1.25. The van der Waals surface area contributed by atoms with Crippen molar-refractivity contribution in [3.05, 3.63) is 16.6 Å². The molecule has 0 aromatic carbocycles. The maximum Gasteiger partial charge on any atom is 0.198 e. The van der Waals surface area contributed by atoms with Crippen LogP contribution in [-0.4, -0.2) is 59.1 Å². The van der Waals surface area contributed by atoms with E-state index in [-0.39, 0.29) is 0 Å². The number of rotatable bonds is 2. The Balaban J connectivity index is 1.73. The molecule has 4 heterocycles. The van der Waals surface area contributed by atoms with E-state index in [4.69, 9.17) is 14.5 Å². The second kappa shape index (κ2) is 6.10. The predicted octanol–water partition coefficient (Wildman–Crippen LogP) is 1.62. The lowest BCUT2D eigenvalue weighted by atomic mass is 10.00. The van der Waals surface area contributed by atoms with Crippen molar-refractivity contribution < 1.29 is 9.47 Å². The van der Waals surface area contributed by atoms with Crippen molar-refractivity contribution in [1.82, 2.24) is 19.6 Å². The molecule has 0 unspecified atom stereocenters. The summed E-state index contributed by atoms with van der Waals surface area (Å²) < 4.78 is 13.5. The van der Waals surface area contributed by atoms with Gasteiger partial charge < -0.3 is 14.4 Å². The van der Waals surface area contributed by atoms with Crippen molar-refractivity contribution in [2.24, 2.45) is 0 Å². The number of nitrogens with zero attached hydrogens (tertiary/aromatic N) is 5. The van der Waals surface area contributed by atoms with Gasteiger partial charge in [0.05, 0.1) is 19.4 Å². The van der Waals surface area contributed by atoms with Crippen LogP contribution >= 0.6 is 15.9 Å². The van der Waals surface area contributed by atoms with Crippen molar-refractivity contribution in [3.63, 3.8) is 0 Å². The lowest BCUT2D eigenvalue weighted by Crippen LogP contribution is -2.37. The highest BCUT2D eigenvalue weighted by Crippen LogP contribution is 2.27. The molecular formula is C14H18BrN5O2. The lowest BCUT2D eigenvalue weighted by molar-refractivity contribution is 0.0836. The number of anilines is 1. The molecule has 0 bridgehead atoms. The lowest BCUT2D eigenvalue weighted by Gasteiger charge is -2.27. The van der Waals surface area contributed by atoms with Gasteiger partial charge in [-0.05, 0) is 28.8 Å². The van der Waals surface area contributed by atoms with Gasteiger partial charge >= 0.3 is 0 Å². The first kappa shape index (κ1) is 14.3. The molecular weight excluding hydrogens is 350 g/mol. The zero-order valence-corrected chi connectivity index (χ0v) is 13.8. The summed E-state index contributed by atoms with van der Waals surface area (Å²) in [6.07, 6.45) is 3.84. The van der Waals surface area contributed by atoms with Gasteiger partial charge in [0.2, 0.25) is 0 Å². The standard InChI is InChI=1S/C14H18BrN5O2/c15-11-9-20-14(13(16-11)19-3-7-22-8-4-19)17-12(18-20)10-1-5-21-6-2-10/h9-10H,1-8H2. The summed E-state index contributed by atoms with van der Waals surface area (Å²) in [4.78, 5) is 11.6. The zero-order chi connectivity index (χ0) is 14.9. The third-order valence-electron chi connectivity index (χ3n) is 4.19. The first-order valence-corrected chi connectivity index (χ1v) is 8.44. The number of hydrogen-bond donors (Lipinski definition) is 0. The minimum absolute atomic E-state index is 0.380. The average Bonchev–Trinajstić information content (AvgIpc) is 2.99. The van der Waals surface area contributed by atoms with Gasteiger partial charge in [0.15, 0.2) is 17.3 Å². The van der Waals surface area contributed by atoms with E-state index in [0.717, 1.165) is 74.3 Å². The van der Waals surface area contributed by atoms with Crippen LogP contribution in [0.2, 0.25) is 0 Å². The van der Waals surface area contributed by atoms with Crippen LogP contribution in [0.4, 0.5) is 5.82 Å². The van der Waals surface area contributed by atoms with Gasteiger partial charge in [-0.3, -0.25) is 0 Å². The van der Waals surface area contributed by atoms with Crippen LogP contribution in [0, 0.1) is 0 Å². The highest BCUT2D eigenvalue weighted by Gasteiger charge is 2.24. The first-order valence-electron chi connectivity index (χ1n) is 7.64. The van der Waals surface area contributed by atoms with E-state index in [1.165, 1.54) is 0 Å². The van der Waals surface area contributed by atoms with Crippen LogP contribution in [0.15, 0.2) is 10.8 Å². The summed E-state index contributed by atoms with van der Waals surface area (Å²) in [5, 5.41) is 4.67. The van der Waals surface area contributed by atoms with Crippen LogP contribution in [0.5, 0.6) is 0 Å². The van der Waals surface area contributed by atoms with Gasteiger partial charge in [-0.25, -0.2) is 14.5 Å². The number of hydrogen-bond acceptors (Lipinski definition) is 6. The molecule has 2 aromatic rings. The molecule has 0 N–H and O–H groups in total. The van der Waals surface area contributed by atoms with E-state index in [2.05, 4.69) is 30.9 Å². The normalized spacial score (nSPS) is 20.7. The van der Waals surface area contributed by atoms with Gasteiger partial charge in [0.25, 0.3) is 0 Å². The van der Waals surface area contributed by atoms with E-state index >= 15 is 0 Å². The number of aromatic nitrogens is 4. The molecule has 4 rings (SSSR count). The highest BCUT2D eigenvalue weighted by atomic mass is 79.9. The van der Waals surface area contributed by atoms with Gasteiger partial charge in [-0.1, -0.05) is 0 Å². The van der Waals surface area contributed by atoms with Gasteiger partial charge in [-0.15, -0.1) is 0 Å². The molecule has 0 spiro atoms. The predicted molar refractivity (Wildman–Crippen MR) is 84.3 cm³/mol. The molecule has 22 heavy (non-hydrogen) atoms. The molecule has 2 aromatic heterocycles. The van der Waals surface area contributed by atoms with Gasteiger partial charge in [0, 0.05) is 32.2 Å². The third-order valence-corrected chi connectivity index (χ3v) is 4.57. The second-order valence-electron chi connectivity index (χ2n) is 5.61. The minimum atomic E-state index is 0.380. The Morgan fingerprint density at radius 2 is 1.77 bits per heavy atom. The fraction of sp³-hybridized carbons (Fsp3) is 0.643. The molecule has 2 aliphatic heterocycles. The second-order valence-corrected chi connectivity index (χ2v) is 6.42. The monoisotopic (exact) mass is 367 g/mol. The van der Waals surface area contributed by atoms with Crippen LogP contribution in [0.1, 0.15) is 24.6 Å². The smallest absolute Gasteiger partial charge is 0.198 e. The molecule has 2 aliphatic rings. The highest BCUT2D eigenvalue weighted by molar-refractivity contribution is 9.10. The molecule has 0 aliphatic carbocycles. The summed E-state index contributed by atoms with van der Waals surface area (Å²) in [6.45, 7) is 4.69. The molecule has 2 fully saturated rings. The van der Waals surface area contributed by atoms with Gasteiger partial charge in [-0.2, -0.15) is 5.10 Å². The summed E-state index contributed by atoms with van der Waals surface area (Å²) >= 11 is 3.48. The van der Waals surface area contributed by atoms with Crippen molar-refractivity contribution >= 4 is 27.4 Å². The Bertz CT molecular complexity index is 665. The maximum atomic E-state index is 5.43. The summed E-state index contributed by atoms with van der Waals surface area (Å²) in [7, 11) is 0. The largest absolute Gasteiger partial charge is 0.381 e. The van der Waals surface area contributed by atoms with Crippen molar-refractivity contribution in [2.75, 3.05) is 44.4 Å². The van der Waals surface area contributed by atoms with Crippen LogP contribution in [0.25, 0.3) is 5.65 Å². The molecule has 0 amide bonds. The van der Waals surface area contributed by atoms with E-state index < -0.39 is 0 Å². The molecule has 2 saturated heterocycles. The third kappa shape index (κ3) is 2.70. The van der Waals surface area contributed by atoms with Crippen molar-refractivity contribution in [3.8, 4) is 0 Å². The Morgan fingerprint density at radius 3 is 2.55 bits per heavy atom. The average molecular weight is 368 g/mol. The zero-order valence-electron chi connectivity index (χ0n) is 12.2. The Morgan fingerprint density at radius 1 is 1.05 bits per heavy atom. The molecule has 0 atom stereocenters. The molecule has 7 nitrogen and oxygen atoms in total. The topological polar surface area (TPSA) is 64.8 Å². The summed E-state index contributed by atoms with van der Waals surface area (Å²) in [5.74, 6) is 2.16. The van der Waals surface area contributed by atoms with E-state index in [1.807, 2.05) is 10.7 Å². The maximum absolute atomic E-state index is 5.43. The fourth-order valence-corrected chi connectivity index (χ4v) is 3.34. The van der Waals surface area contributed by atoms with Crippen LogP contribution < -0.4 is 4.90 Å². The molecule has 0 saturated carbocycles. The van der Waals surface area contributed by atoms with E-state index in [0.29, 0.717) is 5.92 Å². The SMILES string of the molecule is Brc1cn2nc(C3CCOCC3)nc2c(N2CCOCC2)n1. The number of morpholine rings is 1. The number of ether oxygens (including phenoxy) is 2. The molecule has 8 heteroatoms. The molecule has 118 valence electrons. The Kier molecular flexibility index (Phi) is 3.98. The van der Waals surface area contributed by atoms with E-state index in [9.17, 15) is 0 Å². The summed E-state index contributed by atoms with van der Waals surface area (Å²) in [6, 6.07) is 0. The van der Waals surface area contributed by atoms with Crippen LogP contribution in [0.3, 0.4) is 0 Å². The molecule has 0 radical (unpaired) electrons. The van der Waals surface area contributed by atoms with Crippen LogP contribution in [-0.2, 0) is 9.47 Å². The van der Waals surface area contributed by atoms with Crippen molar-refractivity contribution in [1.29, 1.82) is 0 Å². The van der Waals surface area contributed by atoms with E-state index in [1.54, 1.807) is 0 Å². The minimum Gasteiger partial charge on any atom is -0.381 e. The number of halogens is 1. The Labute approximate surface area is 136 Å². The number of fused-ring (bicyclic) bond motifs is 1. The first-order chi connectivity index (χ1) is 10.8. The summed E-state index contributed by atoms with van der Waals surface area (Å²) in [5.41, 5.74) is 0.826. The van der Waals surface area contributed by atoms with Crippen molar-refractivity contribution in [2.45, 2.75) is 18.8 Å². The van der Waals surface area contributed by atoms with Gasteiger partial charge in [0.1, 0.15) is 4.60 Å². The quantitative estimate of drug-likeness (QED) is 0.803.